The summed E-state index contributed by atoms with van der Waals surface area (Å²) in [5, 5.41) is 12.4. The molecule has 0 saturated heterocycles. The molecule has 3 rings (SSSR count). The van der Waals surface area contributed by atoms with Crippen molar-refractivity contribution in [1.29, 1.82) is 0 Å². The lowest BCUT2D eigenvalue weighted by atomic mass is 10.2. The molecule has 118 valence electrons. The second-order valence-electron chi connectivity index (χ2n) is 4.79. The van der Waals surface area contributed by atoms with Gasteiger partial charge in [-0.25, -0.2) is 9.89 Å². The van der Waals surface area contributed by atoms with E-state index in [4.69, 9.17) is 4.52 Å². The van der Waals surface area contributed by atoms with Crippen LogP contribution in [0.2, 0.25) is 0 Å². The van der Waals surface area contributed by atoms with Gasteiger partial charge in [-0.2, -0.15) is 10.1 Å². The van der Waals surface area contributed by atoms with Crippen LogP contribution < -0.4 is 11.0 Å². The number of rotatable bonds is 5. The highest BCUT2D eigenvalue weighted by Gasteiger charge is 2.18. The molecule has 0 spiro atoms. The summed E-state index contributed by atoms with van der Waals surface area (Å²) in [4.78, 5) is 33.4. The fourth-order valence-electron chi connectivity index (χ4n) is 1.92. The summed E-state index contributed by atoms with van der Waals surface area (Å²) >= 11 is 0. The molecule has 0 bridgehead atoms. The molecule has 3 N–H and O–H groups in total. The van der Waals surface area contributed by atoms with E-state index in [9.17, 15) is 9.59 Å². The van der Waals surface area contributed by atoms with Crippen LogP contribution in [0.25, 0.3) is 11.4 Å². The zero-order chi connectivity index (χ0) is 16.2. The number of nitrogens with one attached hydrogen (secondary N) is 3. The molecular formula is C13H13N7O3. The van der Waals surface area contributed by atoms with Crippen LogP contribution in [0, 0.1) is 0 Å². The Morgan fingerprint density at radius 2 is 2.35 bits per heavy atom. The van der Waals surface area contributed by atoms with Crippen molar-refractivity contribution >= 4 is 5.91 Å². The third-order valence-electron chi connectivity index (χ3n) is 2.99. The van der Waals surface area contributed by atoms with E-state index in [0.717, 1.165) is 5.56 Å². The van der Waals surface area contributed by atoms with Gasteiger partial charge in [0.15, 0.2) is 0 Å². The van der Waals surface area contributed by atoms with E-state index in [1.54, 1.807) is 31.5 Å². The predicted octanol–water partition coefficient (Wildman–Crippen LogP) is -0.0371. The van der Waals surface area contributed by atoms with Gasteiger partial charge in [-0.3, -0.25) is 14.8 Å². The van der Waals surface area contributed by atoms with Gasteiger partial charge in [0.2, 0.25) is 17.6 Å². The van der Waals surface area contributed by atoms with Crippen molar-refractivity contribution in [1.82, 2.24) is 35.6 Å². The van der Waals surface area contributed by atoms with E-state index in [1.165, 1.54) is 0 Å². The summed E-state index contributed by atoms with van der Waals surface area (Å²) in [7, 11) is 0. The second-order valence-corrected chi connectivity index (χ2v) is 4.79. The fourth-order valence-corrected chi connectivity index (χ4v) is 1.92. The van der Waals surface area contributed by atoms with Gasteiger partial charge < -0.3 is 9.84 Å². The maximum atomic E-state index is 11.9. The van der Waals surface area contributed by atoms with Gasteiger partial charge in [0, 0.05) is 18.0 Å². The van der Waals surface area contributed by atoms with Crippen molar-refractivity contribution in [3.8, 4) is 11.4 Å². The number of amides is 1. The van der Waals surface area contributed by atoms with E-state index in [0.29, 0.717) is 5.82 Å². The molecule has 1 atom stereocenters. The second kappa shape index (κ2) is 6.22. The Kier molecular flexibility index (Phi) is 3.95. The molecule has 10 nitrogen and oxygen atoms in total. The number of pyridine rings is 1. The minimum atomic E-state index is -0.480. The summed E-state index contributed by atoms with van der Waals surface area (Å²) in [6.45, 7) is 1.71. The molecule has 0 radical (unpaired) electrons. The Hall–Kier alpha value is -3.30. The van der Waals surface area contributed by atoms with E-state index in [2.05, 4.69) is 35.6 Å². The normalized spacial score (nSPS) is 12.0. The maximum Gasteiger partial charge on any atom is 0.340 e. The van der Waals surface area contributed by atoms with Gasteiger partial charge in [-0.1, -0.05) is 5.16 Å². The lowest BCUT2D eigenvalue weighted by Gasteiger charge is -2.08. The Morgan fingerprint density at radius 1 is 1.48 bits per heavy atom. The van der Waals surface area contributed by atoms with E-state index in [1.807, 2.05) is 0 Å². The molecule has 0 aliphatic rings. The number of hydrogen-bond donors (Lipinski definition) is 3. The molecule has 3 heterocycles. The molecule has 1 unspecified atom stereocenters. The van der Waals surface area contributed by atoms with E-state index < -0.39 is 11.7 Å². The first-order valence-electron chi connectivity index (χ1n) is 6.79. The molecule has 0 aromatic carbocycles. The van der Waals surface area contributed by atoms with Crippen molar-refractivity contribution in [2.24, 2.45) is 0 Å². The summed E-state index contributed by atoms with van der Waals surface area (Å²) < 4.78 is 5.15. The topological polar surface area (TPSA) is 142 Å². The van der Waals surface area contributed by atoms with Crippen LogP contribution in [0.4, 0.5) is 0 Å². The van der Waals surface area contributed by atoms with Crippen molar-refractivity contribution in [2.45, 2.75) is 19.4 Å². The standard InChI is InChI=1S/C13H13N7O3/c1-7(15-10(21)5-9-16-13(22)19-18-9)12-17-11(20-23-12)8-3-2-4-14-6-8/h2-4,6-7H,5H2,1H3,(H,15,21)(H2,16,18,19,22). The smallest absolute Gasteiger partial charge is 0.340 e. The number of carbonyl (C=O) groups excluding carboxylic acids is 1. The first-order valence-corrected chi connectivity index (χ1v) is 6.79. The molecule has 0 aliphatic carbocycles. The molecule has 10 heteroatoms. The first kappa shape index (κ1) is 14.6. The summed E-state index contributed by atoms with van der Waals surface area (Å²) in [5.74, 6) is 0.584. The number of H-pyrrole nitrogens is 2. The molecular weight excluding hydrogens is 302 g/mol. The number of aromatic amines is 2. The first-order chi connectivity index (χ1) is 11.1. The van der Waals surface area contributed by atoms with E-state index >= 15 is 0 Å². The zero-order valence-electron chi connectivity index (χ0n) is 12.1. The Morgan fingerprint density at radius 3 is 3.04 bits per heavy atom. The highest BCUT2D eigenvalue weighted by Crippen LogP contribution is 2.17. The van der Waals surface area contributed by atoms with Crippen LogP contribution in [0.15, 0.2) is 33.8 Å². The van der Waals surface area contributed by atoms with E-state index in [-0.39, 0.29) is 24.0 Å². The van der Waals surface area contributed by atoms with Crippen molar-refractivity contribution in [2.75, 3.05) is 0 Å². The van der Waals surface area contributed by atoms with Gasteiger partial charge in [0.25, 0.3) is 0 Å². The molecule has 3 aromatic heterocycles. The Bertz CT molecular complexity index is 852. The Balaban J connectivity index is 1.64. The Labute approximate surface area is 129 Å². The predicted molar refractivity (Wildman–Crippen MR) is 77.0 cm³/mol. The zero-order valence-corrected chi connectivity index (χ0v) is 12.1. The molecule has 23 heavy (non-hydrogen) atoms. The van der Waals surface area contributed by atoms with Crippen LogP contribution >= 0.6 is 0 Å². The number of carbonyl (C=O) groups is 1. The fraction of sp³-hybridized carbons (Fsp3) is 0.231. The summed E-state index contributed by atoms with van der Waals surface area (Å²) in [5.41, 5.74) is 0.258. The molecule has 0 aliphatic heterocycles. The lowest BCUT2D eigenvalue weighted by Crippen LogP contribution is -2.28. The monoisotopic (exact) mass is 315 g/mol. The molecule has 0 saturated carbocycles. The average molecular weight is 315 g/mol. The molecule has 3 aromatic rings. The van der Waals surface area contributed by atoms with Gasteiger partial charge in [0.05, 0.1) is 6.42 Å². The van der Waals surface area contributed by atoms with Gasteiger partial charge in [-0.05, 0) is 19.1 Å². The number of hydrogen-bond acceptors (Lipinski definition) is 7. The molecule has 0 fully saturated rings. The SMILES string of the molecule is CC(NC(=O)Cc1n[nH]c(=O)[nH]1)c1nc(-c2cccnc2)no1. The lowest BCUT2D eigenvalue weighted by molar-refractivity contribution is -0.121. The van der Waals surface area contributed by atoms with Crippen LogP contribution in [-0.2, 0) is 11.2 Å². The minimum Gasteiger partial charge on any atom is -0.344 e. The third-order valence-corrected chi connectivity index (χ3v) is 2.99. The van der Waals surface area contributed by atoms with Gasteiger partial charge >= 0.3 is 5.69 Å². The number of nitrogens with zero attached hydrogens (tertiary/aromatic N) is 4. The van der Waals surface area contributed by atoms with Crippen LogP contribution in [0.5, 0.6) is 0 Å². The largest absolute Gasteiger partial charge is 0.344 e. The van der Waals surface area contributed by atoms with Crippen LogP contribution in [0.3, 0.4) is 0 Å². The average Bonchev–Trinajstić information content (AvgIpc) is 3.17. The van der Waals surface area contributed by atoms with Gasteiger partial charge in [-0.15, -0.1) is 0 Å². The maximum absolute atomic E-state index is 11.9. The van der Waals surface area contributed by atoms with Crippen molar-refractivity contribution < 1.29 is 9.32 Å². The van der Waals surface area contributed by atoms with Crippen molar-refractivity contribution in [3.05, 3.63) is 46.7 Å². The van der Waals surface area contributed by atoms with Crippen LogP contribution in [0.1, 0.15) is 24.7 Å². The number of aromatic nitrogens is 6. The highest BCUT2D eigenvalue weighted by molar-refractivity contribution is 5.78. The van der Waals surface area contributed by atoms with Crippen LogP contribution in [-0.4, -0.2) is 36.2 Å². The third kappa shape index (κ3) is 3.48. The molecule has 1 amide bonds. The summed E-state index contributed by atoms with van der Waals surface area (Å²) in [6.07, 6.45) is 3.20. The summed E-state index contributed by atoms with van der Waals surface area (Å²) in [6, 6.07) is 3.09. The van der Waals surface area contributed by atoms with Gasteiger partial charge in [0.1, 0.15) is 11.9 Å². The minimum absolute atomic E-state index is 0.0628. The quantitative estimate of drug-likeness (QED) is 0.599. The highest BCUT2D eigenvalue weighted by atomic mass is 16.5. The van der Waals surface area contributed by atoms with Crippen molar-refractivity contribution in [3.63, 3.8) is 0 Å².